The number of alkyl carbamates (subject to hydrolysis) is 1. The first-order chi connectivity index (χ1) is 18.7. The van der Waals surface area contributed by atoms with Crippen molar-refractivity contribution in [3.05, 3.63) is 72.0 Å². The highest BCUT2D eigenvalue weighted by Crippen LogP contribution is 2.41. The molecular weight excluding hydrogens is 530 g/mol. The summed E-state index contributed by atoms with van der Waals surface area (Å²) in [5.41, 5.74) is -0.259. The van der Waals surface area contributed by atoms with Crippen molar-refractivity contribution in [1.29, 1.82) is 0 Å². The Balaban J connectivity index is 1.58. The Kier molecular flexibility index (Phi) is 8.03. The Morgan fingerprint density at radius 3 is 2.30 bits per heavy atom. The van der Waals surface area contributed by atoms with Crippen LogP contribution in [0.25, 0.3) is 10.8 Å². The molecule has 0 spiro atoms. The fourth-order valence-corrected chi connectivity index (χ4v) is 5.80. The number of thioether (sulfide) groups is 1. The molecule has 2 N–H and O–H groups in total. The zero-order valence-electron chi connectivity index (χ0n) is 23.6. The van der Waals surface area contributed by atoms with E-state index in [0.29, 0.717) is 16.9 Å². The van der Waals surface area contributed by atoms with E-state index in [4.69, 9.17) is 9.47 Å². The highest BCUT2D eigenvalue weighted by atomic mass is 32.2. The fourth-order valence-electron chi connectivity index (χ4n) is 4.46. The first-order valence-corrected chi connectivity index (χ1v) is 14.1. The fraction of sp³-hybridized carbons (Fsp3) is 0.400. The van der Waals surface area contributed by atoms with Crippen LogP contribution in [0, 0.1) is 0 Å². The van der Waals surface area contributed by atoms with Crippen molar-refractivity contribution in [2.45, 2.75) is 70.2 Å². The van der Waals surface area contributed by atoms with Crippen LogP contribution < -0.4 is 10.6 Å². The SMILES string of the molecule is C=CC1=C(C(=O)OC(C)(C)C)N2C(=O)[C@@H](NC(=O)C(NC(=O)OC(C)(C)C)c3ccc4ccccc4c3)[C@@H]2SC1. The van der Waals surface area contributed by atoms with E-state index in [1.165, 1.54) is 16.7 Å². The molecule has 3 atom stereocenters. The molecule has 1 unspecified atom stereocenters. The van der Waals surface area contributed by atoms with E-state index in [-0.39, 0.29) is 5.70 Å². The molecule has 0 saturated carbocycles. The standard InChI is InChI=1S/C30H35N3O6S/c1-8-17-16-40-26-22(25(35)33(26)23(17)27(36)38-29(2,3)4)31-24(34)21(32-28(37)39-30(5,6)7)20-14-13-18-11-9-10-12-19(18)15-20/h8-15,21-22,26H,1,16H2,2-7H3,(H,31,34)(H,32,37)/t21?,22-,26+/m1/s1. The van der Waals surface area contributed by atoms with Crippen LogP contribution in [-0.4, -0.2) is 57.1 Å². The zero-order valence-corrected chi connectivity index (χ0v) is 24.4. The minimum atomic E-state index is -1.13. The summed E-state index contributed by atoms with van der Waals surface area (Å²) in [6.45, 7) is 14.2. The molecule has 0 bridgehead atoms. The highest BCUT2D eigenvalue weighted by Gasteiger charge is 2.54. The lowest BCUT2D eigenvalue weighted by molar-refractivity contribution is -0.159. The van der Waals surface area contributed by atoms with Crippen LogP contribution in [0.3, 0.4) is 0 Å². The quantitative estimate of drug-likeness (QED) is 0.389. The number of carbonyl (C=O) groups excluding carboxylic acids is 4. The first-order valence-electron chi connectivity index (χ1n) is 13.0. The Bertz CT molecular complexity index is 1400. The molecule has 0 aromatic heterocycles. The summed E-state index contributed by atoms with van der Waals surface area (Å²) in [5, 5.41) is 6.82. The topological polar surface area (TPSA) is 114 Å². The van der Waals surface area contributed by atoms with E-state index in [9.17, 15) is 19.2 Å². The van der Waals surface area contributed by atoms with Gasteiger partial charge in [0.1, 0.15) is 34.4 Å². The van der Waals surface area contributed by atoms with E-state index >= 15 is 0 Å². The van der Waals surface area contributed by atoms with Crippen molar-refractivity contribution >= 4 is 46.4 Å². The Morgan fingerprint density at radius 1 is 1.02 bits per heavy atom. The van der Waals surface area contributed by atoms with Gasteiger partial charge in [0.25, 0.3) is 5.91 Å². The van der Waals surface area contributed by atoms with Gasteiger partial charge in [-0.05, 0) is 69.5 Å². The predicted molar refractivity (Wildman–Crippen MR) is 154 cm³/mol. The first kappa shape index (κ1) is 29.2. The third kappa shape index (κ3) is 6.33. The number of fused-ring (bicyclic) bond motifs is 2. The normalized spacial score (nSPS) is 19.8. The van der Waals surface area contributed by atoms with Gasteiger partial charge in [0.05, 0.1) is 0 Å². The van der Waals surface area contributed by atoms with Crippen LogP contribution in [0.5, 0.6) is 0 Å². The van der Waals surface area contributed by atoms with Crippen LogP contribution in [0.4, 0.5) is 4.79 Å². The molecule has 2 aromatic carbocycles. The smallest absolute Gasteiger partial charge is 0.408 e. The van der Waals surface area contributed by atoms with Crippen LogP contribution in [0.2, 0.25) is 0 Å². The second kappa shape index (κ2) is 11.0. The van der Waals surface area contributed by atoms with Gasteiger partial charge in [-0.2, -0.15) is 0 Å². The number of nitrogens with one attached hydrogen (secondary N) is 2. The minimum absolute atomic E-state index is 0.141. The third-order valence-electron chi connectivity index (χ3n) is 6.16. The number of allylic oxidation sites excluding steroid dienone is 1. The molecule has 1 fully saturated rings. The largest absolute Gasteiger partial charge is 0.455 e. The zero-order chi connectivity index (χ0) is 29.4. The lowest BCUT2D eigenvalue weighted by atomic mass is 9.99. The summed E-state index contributed by atoms with van der Waals surface area (Å²) < 4.78 is 11.0. The number of esters is 1. The van der Waals surface area contributed by atoms with Crippen molar-refractivity contribution in [3.63, 3.8) is 0 Å². The summed E-state index contributed by atoms with van der Waals surface area (Å²) in [6.07, 6.45) is 0.780. The molecule has 2 aliphatic rings. The second-order valence-electron chi connectivity index (χ2n) is 11.7. The maximum Gasteiger partial charge on any atom is 0.408 e. The van der Waals surface area contributed by atoms with Crippen molar-refractivity contribution in [2.75, 3.05) is 5.75 Å². The van der Waals surface area contributed by atoms with Gasteiger partial charge >= 0.3 is 12.1 Å². The number of amides is 3. The highest BCUT2D eigenvalue weighted by molar-refractivity contribution is 8.00. The molecule has 10 heteroatoms. The van der Waals surface area contributed by atoms with Gasteiger partial charge in [0.2, 0.25) is 5.91 Å². The van der Waals surface area contributed by atoms with Crippen LogP contribution in [0.15, 0.2) is 66.4 Å². The molecule has 2 heterocycles. The molecule has 2 aromatic rings. The van der Waals surface area contributed by atoms with Crippen molar-refractivity contribution < 1.29 is 28.7 Å². The number of nitrogens with zero attached hydrogens (tertiary/aromatic N) is 1. The van der Waals surface area contributed by atoms with E-state index in [1.807, 2.05) is 36.4 Å². The summed E-state index contributed by atoms with van der Waals surface area (Å²) in [5.74, 6) is -1.22. The molecule has 4 rings (SSSR count). The lowest BCUT2D eigenvalue weighted by Crippen LogP contribution is -2.71. The van der Waals surface area contributed by atoms with Crippen molar-refractivity contribution in [3.8, 4) is 0 Å². The van der Waals surface area contributed by atoms with Crippen molar-refractivity contribution in [1.82, 2.24) is 15.5 Å². The number of hydrogen-bond acceptors (Lipinski definition) is 7. The van der Waals surface area contributed by atoms with Gasteiger partial charge in [-0.1, -0.05) is 49.1 Å². The lowest BCUT2D eigenvalue weighted by Gasteiger charge is -2.50. The number of rotatable bonds is 6. The molecule has 1 saturated heterocycles. The van der Waals surface area contributed by atoms with E-state index < -0.39 is 52.5 Å². The molecular formula is C30H35N3O6S. The summed E-state index contributed by atoms with van der Waals surface area (Å²) >= 11 is 1.41. The number of carbonyl (C=O) groups is 4. The molecule has 212 valence electrons. The number of benzene rings is 2. The summed E-state index contributed by atoms with van der Waals surface area (Å²) in [6, 6.07) is 11.1. The molecule has 0 aliphatic carbocycles. The van der Waals surface area contributed by atoms with Gasteiger partial charge in [-0.15, -0.1) is 11.8 Å². The third-order valence-corrected chi connectivity index (χ3v) is 7.47. The monoisotopic (exact) mass is 565 g/mol. The van der Waals surface area contributed by atoms with Gasteiger partial charge in [-0.3, -0.25) is 14.5 Å². The molecule has 2 aliphatic heterocycles. The molecule has 3 amide bonds. The van der Waals surface area contributed by atoms with Gasteiger partial charge < -0.3 is 20.1 Å². The minimum Gasteiger partial charge on any atom is -0.455 e. The Labute approximate surface area is 238 Å². The number of ether oxygens (including phenoxy) is 2. The number of hydrogen-bond donors (Lipinski definition) is 2. The second-order valence-corrected chi connectivity index (χ2v) is 12.8. The molecule has 0 radical (unpaired) electrons. The van der Waals surface area contributed by atoms with Crippen LogP contribution in [0.1, 0.15) is 53.1 Å². The summed E-state index contributed by atoms with van der Waals surface area (Å²) in [7, 11) is 0. The van der Waals surface area contributed by atoms with E-state index in [0.717, 1.165) is 10.8 Å². The maximum atomic E-state index is 13.6. The molecule has 9 nitrogen and oxygen atoms in total. The van der Waals surface area contributed by atoms with Crippen molar-refractivity contribution in [2.24, 2.45) is 0 Å². The van der Waals surface area contributed by atoms with E-state index in [2.05, 4.69) is 17.2 Å². The average Bonchev–Trinajstić information content (AvgIpc) is 2.86. The van der Waals surface area contributed by atoms with E-state index in [1.54, 1.807) is 53.7 Å². The van der Waals surface area contributed by atoms with Crippen LogP contribution >= 0.6 is 11.8 Å². The Morgan fingerprint density at radius 2 is 1.68 bits per heavy atom. The van der Waals surface area contributed by atoms with Gasteiger partial charge in [-0.25, -0.2) is 9.59 Å². The number of β-lactam (4-membered cyclic amide) rings is 1. The van der Waals surface area contributed by atoms with Crippen LogP contribution in [-0.2, 0) is 23.9 Å². The summed E-state index contributed by atoms with van der Waals surface area (Å²) in [4.78, 5) is 54.0. The maximum absolute atomic E-state index is 13.6. The van der Waals surface area contributed by atoms with Gasteiger partial charge in [0.15, 0.2) is 0 Å². The Hall–Kier alpha value is -3.79. The predicted octanol–water partition coefficient (Wildman–Crippen LogP) is 4.59. The molecule has 40 heavy (non-hydrogen) atoms. The average molecular weight is 566 g/mol. The van der Waals surface area contributed by atoms with Gasteiger partial charge in [0, 0.05) is 5.75 Å².